The molecule has 0 radical (unpaired) electrons. The van der Waals surface area contributed by atoms with Crippen molar-refractivity contribution in [3.8, 4) is 0 Å². The van der Waals surface area contributed by atoms with E-state index in [1.54, 1.807) is 20.8 Å². The number of alkyl carbamates (subject to hydrolysis) is 1. The Balaban J connectivity index is 2.18. The molecule has 1 fully saturated rings. The average molecular weight is 495 g/mol. The average Bonchev–Trinajstić information content (AvgIpc) is 3.25. The van der Waals surface area contributed by atoms with Crippen LogP contribution < -0.4 is 10.6 Å². The molecule has 0 aliphatic heterocycles. The Labute approximate surface area is 210 Å². The summed E-state index contributed by atoms with van der Waals surface area (Å²) < 4.78 is 17.3. The van der Waals surface area contributed by atoms with Crippen molar-refractivity contribution in [2.75, 3.05) is 6.61 Å². The highest BCUT2D eigenvalue weighted by molar-refractivity contribution is 5.79. The van der Waals surface area contributed by atoms with Crippen molar-refractivity contribution >= 4 is 12.0 Å². The predicted molar refractivity (Wildman–Crippen MR) is 134 cm³/mol. The molecule has 2 N–H and O–H groups in total. The van der Waals surface area contributed by atoms with Crippen molar-refractivity contribution < 1.29 is 23.5 Å². The highest BCUT2D eigenvalue weighted by atomic mass is 16.6. The monoisotopic (exact) mass is 494 g/mol. The van der Waals surface area contributed by atoms with E-state index in [0.29, 0.717) is 5.89 Å². The molecule has 1 aromatic heterocycles. The number of nitrogens with one attached hydrogen (secondary N) is 2. The van der Waals surface area contributed by atoms with E-state index >= 15 is 0 Å². The van der Waals surface area contributed by atoms with Crippen molar-refractivity contribution in [3.63, 3.8) is 0 Å². The zero-order valence-corrected chi connectivity index (χ0v) is 22.7. The quantitative estimate of drug-likeness (QED) is 0.375. The Hall–Kier alpha value is -2.16. The summed E-state index contributed by atoms with van der Waals surface area (Å²) in [5, 5.41) is 14.4. The van der Waals surface area contributed by atoms with E-state index < -0.39 is 23.3 Å². The van der Waals surface area contributed by atoms with Crippen molar-refractivity contribution in [1.29, 1.82) is 0 Å². The highest BCUT2D eigenvalue weighted by Gasteiger charge is 2.30. The summed E-state index contributed by atoms with van der Waals surface area (Å²) >= 11 is 0. The summed E-state index contributed by atoms with van der Waals surface area (Å²) in [5.41, 5.74) is -1.07. The van der Waals surface area contributed by atoms with Gasteiger partial charge in [0, 0.05) is 5.92 Å². The van der Waals surface area contributed by atoms with E-state index in [2.05, 4.69) is 27.8 Å². The summed E-state index contributed by atoms with van der Waals surface area (Å²) in [6.07, 6.45) is 8.42. The third-order valence-corrected chi connectivity index (χ3v) is 5.82. The summed E-state index contributed by atoms with van der Waals surface area (Å²) in [6.45, 7) is 13.5. The van der Waals surface area contributed by atoms with Gasteiger partial charge in [0.15, 0.2) is 0 Å². The number of carbonyl (C=O) groups excluding carboxylic acids is 2. The van der Waals surface area contributed by atoms with E-state index in [4.69, 9.17) is 13.9 Å². The second-order valence-electron chi connectivity index (χ2n) is 11.5. The fraction of sp³-hybridized carbons (Fsp3) is 0.846. The molecule has 0 spiro atoms. The molecule has 1 aromatic rings. The Morgan fingerprint density at radius 2 is 1.57 bits per heavy atom. The number of nitrogens with zero attached hydrogens (tertiary/aromatic N) is 2. The molecule has 0 saturated heterocycles. The van der Waals surface area contributed by atoms with Crippen LogP contribution in [0.4, 0.5) is 4.79 Å². The fourth-order valence-corrected chi connectivity index (χ4v) is 4.00. The maximum absolute atomic E-state index is 13.0. The molecule has 2 amide bonds. The minimum Gasteiger partial charge on any atom is -0.444 e. The lowest BCUT2D eigenvalue weighted by Crippen LogP contribution is -2.38. The van der Waals surface area contributed by atoms with Gasteiger partial charge in [-0.3, -0.25) is 4.79 Å². The summed E-state index contributed by atoms with van der Waals surface area (Å²) in [7, 11) is 0. The largest absolute Gasteiger partial charge is 0.444 e. The van der Waals surface area contributed by atoms with Crippen LogP contribution in [0.2, 0.25) is 0 Å². The predicted octanol–water partition coefficient (Wildman–Crippen LogP) is 5.77. The van der Waals surface area contributed by atoms with Gasteiger partial charge >= 0.3 is 6.09 Å². The van der Waals surface area contributed by atoms with Gasteiger partial charge < -0.3 is 24.5 Å². The number of ether oxygens (including phenoxy) is 2. The van der Waals surface area contributed by atoms with Gasteiger partial charge in [0.05, 0.1) is 12.2 Å². The molecule has 0 unspecified atom stereocenters. The first kappa shape index (κ1) is 29.1. The van der Waals surface area contributed by atoms with Gasteiger partial charge in [-0.1, -0.05) is 45.4 Å². The first-order valence-electron chi connectivity index (χ1n) is 13.1. The topological polar surface area (TPSA) is 116 Å². The van der Waals surface area contributed by atoms with Crippen LogP contribution >= 0.6 is 0 Å². The van der Waals surface area contributed by atoms with Gasteiger partial charge in [0.1, 0.15) is 17.7 Å². The molecule has 0 bridgehead atoms. The van der Waals surface area contributed by atoms with Gasteiger partial charge in [-0.25, -0.2) is 4.79 Å². The van der Waals surface area contributed by atoms with Crippen LogP contribution in [-0.4, -0.2) is 40.0 Å². The molecular formula is C26H46N4O5. The maximum atomic E-state index is 13.0. The van der Waals surface area contributed by atoms with Crippen LogP contribution in [0.3, 0.4) is 0 Å². The number of aromatic nitrogens is 2. The molecule has 1 aliphatic rings. The first-order valence-corrected chi connectivity index (χ1v) is 13.1. The molecule has 35 heavy (non-hydrogen) atoms. The standard InChI is InChI=1S/C26H46N4O5/c1-8-9-11-16-19(27-21(31)18-14-12-10-13-15-18)22-29-30-23(34-22)20(17-33-25(2,3)4)28-24(32)35-26(5,6)7/h18-20H,8-17H2,1-7H3,(H,27,31)(H,28,32)/t19-,20-/m0/s1. The van der Waals surface area contributed by atoms with Crippen LogP contribution in [0, 0.1) is 5.92 Å². The normalized spacial score (nSPS) is 17.0. The van der Waals surface area contributed by atoms with Gasteiger partial charge in [-0.05, 0) is 60.8 Å². The Bertz CT molecular complexity index is 790. The van der Waals surface area contributed by atoms with Crippen LogP contribution in [0.25, 0.3) is 0 Å². The van der Waals surface area contributed by atoms with E-state index in [9.17, 15) is 9.59 Å². The number of carbonyl (C=O) groups is 2. The van der Waals surface area contributed by atoms with E-state index in [1.807, 2.05) is 20.8 Å². The van der Waals surface area contributed by atoms with Crippen LogP contribution in [0.1, 0.15) is 130 Å². The number of rotatable bonds is 11. The smallest absolute Gasteiger partial charge is 0.408 e. The van der Waals surface area contributed by atoms with E-state index in [0.717, 1.165) is 51.4 Å². The number of hydrogen-bond acceptors (Lipinski definition) is 7. The van der Waals surface area contributed by atoms with Crippen LogP contribution in [-0.2, 0) is 14.3 Å². The molecule has 1 saturated carbocycles. The SMILES string of the molecule is CCCCC[C@H](NC(=O)C1CCCCC1)c1nnc([C@H](COC(C)(C)C)NC(=O)OC(C)(C)C)o1. The summed E-state index contributed by atoms with van der Waals surface area (Å²) in [5.74, 6) is 0.682. The molecule has 200 valence electrons. The maximum Gasteiger partial charge on any atom is 0.408 e. The lowest BCUT2D eigenvalue weighted by molar-refractivity contribution is -0.127. The molecule has 9 heteroatoms. The Morgan fingerprint density at radius 1 is 0.943 bits per heavy atom. The zero-order valence-electron chi connectivity index (χ0n) is 22.7. The lowest BCUT2D eigenvalue weighted by atomic mass is 9.88. The van der Waals surface area contributed by atoms with Gasteiger partial charge in [-0.15, -0.1) is 10.2 Å². The van der Waals surface area contributed by atoms with Crippen LogP contribution in [0.15, 0.2) is 4.42 Å². The van der Waals surface area contributed by atoms with Crippen molar-refractivity contribution in [3.05, 3.63) is 11.8 Å². The second-order valence-corrected chi connectivity index (χ2v) is 11.5. The van der Waals surface area contributed by atoms with E-state index in [-0.39, 0.29) is 30.4 Å². The minimum atomic E-state index is -0.685. The van der Waals surface area contributed by atoms with Crippen molar-refractivity contribution in [1.82, 2.24) is 20.8 Å². The molecule has 1 aliphatic carbocycles. The number of unbranched alkanes of at least 4 members (excludes halogenated alkanes) is 2. The minimum absolute atomic E-state index is 0.0431. The Kier molecular flexibility index (Phi) is 11.0. The first-order chi connectivity index (χ1) is 16.4. The Morgan fingerprint density at radius 3 is 2.14 bits per heavy atom. The number of amides is 2. The molecule has 2 rings (SSSR count). The molecule has 1 heterocycles. The molecular weight excluding hydrogens is 448 g/mol. The van der Waals surface area contributed by atoms with Gasteiger partial charge in [0.25, 0.3) is 0 Å². The molecule has 0 aromatic carbocycles. The summed E-state index contributed by atoms with van der Waals surface area (Å²) in [4.78, 5) is 25.4. The van der Waals surface area contributed by atoms with Crippen LogP contribution in [0.5, 0.6) is 0 Å². The third kappa shape index (κ3) is 11.0. The van der Waals surface area contributed by atoms with Gasteiger partial charge in [-0.2, -0.15) is 0 Å². The fourth-order valence-electron chi connectivity index (χ4n) is 4.00. The van der Waals surface area contributed by atoms with E-state index in [1.165, 1.54) is 6.42 Å². The lowest BCUT2D eigenvalue weighted by Gasteiger charge is -2.25. The highest BCUT2D eigenvalue weighted by Crippen LogP contribution is 2.27. The summed E-state index contributed by atoms with van der Waals surface area (Å²) in [6, 6.07) is -1.04. The van der Waals surface area contributed by atoms with Crippen molar-refractivity contribution in [2.45, 2.75) is 130 Å². The number of hydrogen-bond donors (Lipinski definition) is 2. The van der Waals surface area contributed by atoms with Gasteiger partial charge in [0.2, 0.25) is 17.7 Å². The van der Waals surface area contributed by atoms with Crippen molar-refractivity contribution in [2.24, 2.45) is 5.92 Å². The molecule has 2 atom stereocenters. The zero-order chi connectivity index (χ0) is 26.1. The molecule has 9 nitrogen and oxygen atoms in total. The second kappa shape index (κ2) is 13.2. The third-order valence-electron chi connectivity index (χ3n) is 5.82.